The van der Waals surface area contributed by atoms with Crippen LogP contribution in [0.2, 0.25) is 0 Å². The molecule has 1 saturated carbocycles. The van der Waals surface area contributed by atoms with Crippen LogP contribution in [0.3, 0.4) is 0 Å². The molecule has 0 bridgehead atoms. The fourth-order valence-corrected chi connectivity index (χ4v) is 4.96. The minimum Gasteiger partial charge on any atom is -0.312 e. The molecule has 1 N–H and O–H groups in total. The topological polar surface area (TPSA) is 15.3 Å². The molecule has 2 rings (SSSR count). The van der Waals surface area contributed by atoms with Crippen molar-refractivity contribution in [3.8, 4) is 0 Å². The second-order valence-corrected chi connectivity index (χ2v) is 9.46. The number of hydrogen-bond acceptors (Lipinski definition) is 2. The van der Waals surface area contributed by atoms with Gasteiger partial charge in [-0.15, -0.1) is 0 Å². The Labute approximate surface area is 152 Å². The van der Waals surface area contributed by atoms with Crippen molar-refractivity contribution in [2.45, 2.75) is 111 Å². The maximum Gasteiger partial charge on any atom is 0.00696 e. The minimum atomic E-state index is 0.645. The van der Waals surface area contributed by atoms with E-state index in [0.717, 1.165) is 29.8 Å². The summed E-state index contributed by atoms with van der Waals surface area (Å²) in [6.07, 6.45) is 12.9. The zero-order valence-corrected chi connectivity index (χ0v) is 17.2. The van der Waals surface area contributed by atoms with E-state index < -0.39 is 0 Å². The fourth-order valence-electron chi connectivity index (χ4n) is 4.96. The number of hydrogen-bond donors (Lipinski definition) is 1. The van der Waals surface area contributed by atoms with Crippen LogP contribution in [0.4, 0.5) is 0 Å². The summed E-state index contributed by atoms with van der Waals surface area (Å²) in [5.41, 5.74) is 0. The Balaban J connectivity index is 1.60. The van der Waals surface area contributed by atoms with Crippen molar-refractivity contribution in [2.24, 2.45) is 17.8 Å². The van der Waals surface area contributed by atoms with Gasteiger partial charge >= 0.3 is 0 Å². The van der Waals surface area contributed by atoms with Crippen molar-refractivity contribution >= 4 is 0 Å². The van der Waals surface area contributed by atoms with Crippen LogP contribution in [0.25, 0.3) is 0 Å². The van der Waals surface area contributed by atoms with Crippen molar-refractivity contribution in [1.29, 1.82) is 0 Å². The number of likely N-dealkylation sites (tertiary alicyclic amines) is 1. The van der Waals surface area contributed by atoms with Crippen molar-refractivity contribution < 1.29 is 0 Å². The van der Waals surface area contributed by atoms with Gasteiger partial charge in [-0.1, -0.05) is 40.5 Å². The predicted octanol–water partition coefficient (Wildman–Crippen LogP) is 5.47. The van der Waals surface area contributed by atoms with Crippen LogP contribution >= 0.6 is 0 Å². The van der Waals surface area contributed by atoms with Crippen molar-refractivity contribution in [1.82, 2.24) is 10.2 Å². The molecule has 0 aromatic carbocycles. The third kappa shape index (κ3) is 6.67. The molecule has 0 aromatic heterocycles. The van der Waals surface area contributed by atoms with Crippen LogP contribution in [0.1, 0.15) is 92.4 Å². The van der Waals surface area contributed by atoms with E-state index >= 15 is 0 Å². The zero-order chi connectivity index (χ0) is 17.5. The Kier molecular flexibility index (Phi) is 8.57. The van der Waals surface area contributed by atoms with Crippen LogP contribution in [-0.2, 0) is 0 Å². The van der Waals surface area contributed by atoms with Crippen LogP contribution in [0, 0.1) is 17.8 Å². The standard InChI is InChI=1S/C22H44N2/c1-17(2)21-10-7-15-24(16-21)19(5)8-6-9-20-11-13-22(14-12-20)23-18(3)4/h17-23H,6-16H2,1-5H3/t19?,20-,21-,22+/m1/s1. The molecule has 1 heterocycles. The minimum absolute atomic E-state index is 0.645. The SMILES string of the molecule is CC(C)N[C@H]1CC[C@@H](CCCC(C)N2CCC[C@@H](C(C)C)C2)CC1. The summed E-state index contributed by atoms with van der Waals surface area (Å²) in [6, 6.07) is 2.23. The summed E-state index contributed by atoms with van der Waals surface area (Å²) in [5, 5.41) is 3.73. The molecule has 2 atom stereocenters. The van der Waals surface area contributed by atoms with Crippen molar-refractivity contribution in [2.75, 3.05) is 13.1 Å². The normalized spacial score (nSPS) is 30.9. The van der Waals surface area contributed by atoms with Gasteiger partial charge < -0.3 is 10.2 Å². The van der Waals surface area contributed by atoms with Crippen LogP contribution in [0.5, 0.6) is 0 Å². The lowest BCUT2D eigenvalue weighted by Gasteiger charge is -2.38. The van der Waals surface area contributed by atoms with E-state index in [2.05, 4.69) is 44.8 Å². The fraction of sp³-hybridized carbons (Fsp3) is 1.00. The molecular weight excluding hydrogens is 292 g/mol. The van der Waals surface area contributed by atoms with Gasteiger partial charge in [-0.05, 0) is 76.2 Å². The number of piperidine rings is 1. The van der Waals surface area contributed by atoms with Gasteiger partial charge in [-0.3, -0.25) is 0 Å². The highest BCUT2D eigenvalue weighted by Gasteiger charge is 2.26. The highest BCUT2D eigenvalue weighted by Crippen LogP contribution is 2.30. The quantitative estimate of drug-likeness (QED) is 0.632. The second-order valence-electron chi connectivity index (χ2n) is 9.46. The van der Waals surface area contributed by atoms with Gasteiger partial charge in [0.15, 0.2) is 0 Å². The molecule has 1 aliphatic carbocycles. The van der Waals surface area contributed by atoms with E-state index in [1.807, 2.05) is 0 Å². The largest absolute Gasteiger partial charge is 0.312 e. The highest BCUT2D eigenvalue weighted by atomic mass is 15.2. The van der Waals surface area contributed by atoms with Gasteiger partial charge in [0, 0.05) is 24.7 Å². The molecule has 24 heavy (non-hydrogen) atoms. The lowest BCUT2D eigenvalue weighted by Crippen LogP contribution is -2.42. The van der Waals surface area contributed by atoms with Crippen LogP contribution < -0.4 is 5.32 Å². The molecule has 2 heteroatoms. The summed E-state index contributed by atoms with van der Waals surface area (Å²) in [4.78, 5) is 2.79. The first-order valence-corrected chi connectivity index (χ1v) is 11.0. The molecule has 2 nitrogen and oxygen atoms in total. The Bertz CT molecular complexity index is 331. The maximum atomic E-state index is 3.73. The molecule has 2 fully saturated rings. The zero-order valence-electron chi connectivity index (χ0n) is 17.2. The molecule has 0 spiro atoms. The van der Waals surface area contributed by atoms with Gasteiger partial charge in [-0.25, -0.2) is 0 Å². The first kappa shape index (κ1) is 20.2. The molecule has 0 amide bonds. The van der Waals surface area contributed by atoms with Crippen molar-refractivity contribution in [3.63, 3.8) is 0 Å². The summed E-state index contributed by atoms with van der Waals surface area (Å²) in [5.74, 6) is 2.80. The van der Waals surface area contributed by atoms with E-state index in [-0.39, 0.29) is 0 Å². The third-order valence-electron chi connectivity index (χ3n) is 6.71. The number of nitrogens with zero attached hydrogens (tertiary/aromatic N) is 1. The van der Waals surface area contributed by atoms with Crippen molar-refractivity contribution in [3.05, 3.63) is 0 Å². The molecule has 0 radical (unpaired) electrons. The van der Waals surface area contributed by atoms with E-state index in [4.69, 9.17) is 0 Å². The summed E-state index contributed by atoms with van der Waals surface area (Å²) in [6.45, 7) is 14.5. The second kappa shape index (κ2) is 10.2. The first-order valence-electron chi connectivity index (χ1n) is 11.0. The average molecular weight is 337 g/mol. The molecule has 142 valence electrons. The molecule has 2 aliphatic rings. The Morgan fingerprint density at radius 1 is 0.958 bits per heavy atom. The maximum absolute atomic E-state index is 3.73. The molecule has 1 unspecified atom stereocenters. The predicted molar refractivity (Wildman–Crippen MR) is 106 cm³/mol. The van der Waals surface area contributed by atoms with Gasteiger partial charge in [0.05, 0.1) is 0 Å². The van der Waals surface area contributed by atoms with Gasteiger partial charge in [0.25, 0.3) is 0 Å². The summed E-state index contributed by atoms with van der Waals surface area (Å²) < 4.78 is 0. The Hall–Kier alpha value is -0.0800. The lowest BCUT2D eigenvalue weighted by molar-refractivity contribution is 0.102. The summed E-state index contributed by atoms with van der Waals surface area (Å²) >= 11 is 0. The lowest BCUT2D eigenvalue weighted by atomic mass is 9.82. The molecule has 1 saturated heterocycles. The third-order valence-corrected chi connectivity index (χ3v) is 6.71. The molecule has 1 aliphatic heterocycles. The van der Waals surface area contributed by atoms with Crippen LogP contribution in [0.15, 0.2) is 0 Å². The Morgan fingerprint density at radius 3 is 2.29 bits per heavy atom. The van der Waals surface area contributed by atoms with E-state index in [1.165, 1.54) is 70.9 Å². The van der Waals surface area contributed by atoms with E-state index in [9.17, 15) is 0 Å². The summed E-state index contributed by atoms with van der Waals surface area (Å²) in [7, 11) is 0. The van der Waals surface area contributed by atoms with Crippen LogP contribution in [-0.4, -0.2) is 36.1 Å². The monoisotopic (exact) mass is 336 g/mol. The van der Waals surface area contributed by atoms with Gasteiger partial charge in [0.1, 0.15) is 0 Å². The number of nitrogens with one attached hydrogen (secondary N) is 1. The van der Waals surface area contributed by atoms with Gasteiger partial charge in [0.2, 0.25) is 0 Å². The number of rotatable bonds is 8. The molecular formula is C22H44N2. The highest BCUT2D eigenvalue weighted by molar-refractivity contribution is 4.81. The van der Waals surface area contributed by atoms with Gasteiger partial charge in [-0.2, -0.15) is 0 Å². The molecule has 0 aromatic rings. The Morgan fingerprint density at radius 2 is 1.67 bits per heavy atom. The average Bonchev–Trinajstić information content (AvgIpc) is 2.56. The smallest absolute Gasteiger partial charge is 0.00696 e. The van der Waals surface area contributed by atoms with E-state index in [1.54, 1.807) is 0 Å². The van der Waals surface area contributed by atoms with E-state index in [0.29, 0.717) is 6.04 Å². The first-order chi connectivity index (χ1) is 11.5.